The highest BCUT2D eigenvalue weighted by Gasteiger charge is 2.27. The van der Waals surface area contributed by atoms with Crippen LogP contribution in [0.5, 0.6) is 5.88 Å². The van der Waals surface area contributed by atoms with Gasteiger partial charge in [0, 0.05) is 18.0 Å². The Morgan fingerprint density at radius 1 is 1.50 bits per heavy atom. The van der Waals surface area contributed by atoms with E-state index in [0.717, 1.165) is 25.9 Å². The molecule has 1 aliphatic heterocycles. The molecule has 0 amide bonds. The third-order valence-corrected chi connectivity index (χ3v) is 3.69. The van der Waals surface area contributed by atoms with Crippen molar-refractivity contribution >= 4 is 17.4 Å². The third-order valence-electron chi connectivity index (χ3n) is 3.36. The smallest absolute Gasteiger partial charge is 0.238 e. The highest BCUT2D eigenvalue weighted by molar-refractivity contribution is 6.34. The van der Waals surface area contributed by atoms with E-state index in [4.69, 9.17) is 21.9 Å². The van der Waals surface area contributed by atoms with E-state index in [1.807, 2.05) is 0 Å². The van der Waals surface area contributed by atoms with E-state index in [0.29, 0.717) is 10.8 Å². The van der Waals surface area contributed by atoms with Gasteiger partial charge >= 0.3 is 0 Å². The van der Waals surface area contributed by atoms with E-state index >= 15 is 0 Å². The zero-order valence-corrected chi connectivity index (χ0v) is 12.9. The molecular formula is C12H16ClN7O2. The Kier molecular flexibility index (Phi) is 5.35. The Balaban J connectivity index is 2.10. The Morgan fingerprint density at radius 3 is 2.86 bits per heavy atom. The van der Waals surface area contributed by atoms with Crippen LogP contribution in [0.2, 0.25) is 5.02 Å². The summed E-state index contributed by atoms with van der Waals surface area (Å²) in [5, 5.41) is 6.64. The van der Waals surface area contributed by atoms with Crippen LogP contribution >= 0.6 is 11.6 Å². The average Bonchev–Trinajstić information content (AvgIpc) is 3.06. The molecule has 1 saturated heterocycles. The van der Waals surface area contributed by atoms with Crippen LogP contribution < -0.4 is 9.64 Å². The summed E-state index contributed by atoms with van der Waals surface area (Å²) in [4.78, 5) is 23.8. The normalized spacial score (nSPS) is 16.7. The number of nitroso groups, excluding NO2 is 1. The van der Waals surface area contributed by atoms with Crippen molar-refractivity contribution in [3.8, 4) is 5.88 Å². The van der Waals surface area contributed by atoms with Gasteiger partial charge in [0.15, 0.2) is 5.82 Å². The summed E-state index contributed by atoms with van der Waals surface area (Å²) < 4.78 is 5.50. The Morgan fingerprint density at radius 2 is 2.23 bits per heavy atom. The van der Waals surface area contributed by atoms with Gasteiger partial charge in [-0.25, -0.2) is 9.97 Å². The fourth-order valence-electron chi connectivity index (χ4n) is 2.10. The summed E-state index contributed by atoms with van der Waals surface area (Å²) in [7, 11) is 0. The lowest BCUT2D eigenvalue weighted by Crippen LogP contribution is -2.33. The van der Waals surface area contributed by atoms with Crippen LogP contribution in [0.15, 0.2) is 16.6 Å². The SMILES string of the molecule is CC(CN=[N+]=[N-])(COc1ncnc(N2CCCC2)c1Cl)N=O. The molecule has 0 aliphatic carbocycles. The second kappa shape index (κ2) is 7.24. The maximum atomic E-state index is 10.9. The fraction of sp³-hybridized carbons (Fsp3) is 0.667. The Hall–Kier alpha value is -2.12. The maximum Gasteiger partial charge on any atom is 0.238 e. The van der Waals surface area contributed by atoms with Crippen molar-refractivity contribution in [2.24, 2.45) is 10.3 Å². The van der Waals surface area contributed by atoms with Gasteiger partial charge in [0.05, 0.1) is 6.54 Å². The first kappa shape index (κ1) is 16.3. The van der Waals surface area contributed by atoms with Crippen molar-refractivity contribution in [1.29, 1.82) is 0 Å². The molecule has 2 heterocycles. The second-order valence-electron chi connectivity index (χ2n) is 5.28. The van der Waals surface area contributed by atoms with Gasteiger partial charge in [-0.05, 0) is 25.3 Å². The van der Waals surface area contributed by atoms with Crippen molar-refractivity contribution in [3.05, 3.63) is 26.7 Å². The minimum absolute atomic E-state index is 0.0916. The van der Waals surface area contributed by atoms with Gasteiger partial charge in [0.25, 0.3) is 0 Å². The van der Waals surface area contributed by atoms with Gasteiger partial charge in [-0.15, -0.1) is 0 Å². The van der Waals surface area contributed by atoms with Crippen molar-refractivity contribution in [2.75, 3.05) is 31.1 Å². The van der Waals surface area contributed by atoms with Crippen LogP contribution in [0.25, 0.3) is 10.4 Å². The molecule has 0 saturated carbocycles. The molecule has 118 valence electrons. The quantitative estimate of drug-likeness (QED) is 0.330. The van der Waals surface area contributed by atoms with Crippen molar-refractivity contribution in [3.63, 3.8) is 0 Å². The number of hydrogen-bond donors (Lipinski definition) is 0. The first-order valence-corrected chi connectivity index (χ1v) is 7.21. The number of anilines is 1. The lowest BCUT2D eigenvalue weighted by molar-refractivity contribution is 0.227. The molecule has 1 atom stereocenters. The van der Waals surface area contributed by atoms with Crippen LogP contribution in [-0.4, -0.2) is 41.7 Å². The first-order chi connectivity index (χ1) is 10.6. The minimum atomic E-state index is -1.17. The summed E-state index contributed by atoms with van der Waals surface area (Å²) in [6.07, 6.45) is 3.56. The van der Waals surface area contributed by atoms with Gasteiger partial charge < -0.3 is 9.64 Å². The van der Waals surface area contributed by atoms with Crippen LogP contribution in [0.4, 0.5) is 5.82 Å². The zero-order valence-electron chi connectivity index (χ0n) is 12.1. The number of nitrogens with zero attached hydrogens (tertiary/aromatic N) is 7. The Bertz CT molecular complexity index is 587. The van der Waals surface area contributed by atoms with Crippen molar-refractivity contribution in [2.45, 2.75) is 25.3 Å². The number of rotatable bonds is 7. The van der Waals surface area contributed by atoms with Crippen LogP contribution in [0.1, 0.15) is 19.8 Å². The highest BCUT2D eigenvalue weighted by atomic mass is 35.5. The molecule has 1 aromatic heterocycles. The molecule has 10 heteroatoms. The van der Waals surface area contributed by atoms with E-state index in [1.165, 1.54) is 13.3 Å². The van der Waals surface area contributed by atoms with Crippen molar-refractivity contribution in [1.82, 2.24) is 9.97 Å². The monoisotopic (exact) mass is 325 g/mol. The predicted octanol–water partition coefficient (Wildman–Crippen LogP) is 2.94. The van der Waals surface area contributed by atoms with Crippen LogP contribution in [0, 0.1) is 4.91 Å². The molecular weight excluding hydrogens is 310 g/mol. The highest BCUT2D eigenvalue weighted by Crippen LogP contribution is 2.32. The fourth-order valence-corrected chi connectivity index (χ4v) is 2.38. The van der Waals surface area contributed by atoms with Gasteiger partial charge in [-0.2, -0.15) is 4.91 Å². The molecule has 1 fully saturated rings. The molecule has 0 radical (unpaired) electrons. The molecule has 0 spiro atoms. The molecule has 0 bridgehead atoms. The van der Waals surface area contributed by atoms with Crippen LogP contribution in [-0.2, 0) is 0 Å². The molecule has 9 nitrogen and oxygen atoms in total. The molecule has 1 aliphatic rings. The summed E-state index contributed by atoms with van der Waals surface area (Å²) >= 11 is 6.28. The van der Waals surface area contributed by atoms with Gasteiger partial charge in [-0.1, -0.05) is 21.9 Å². The molecule has 1 unspecified atom stereocenters. The van der Waals surface area contributed by atoms with E-state index < -0.39 is 5.54 Å². The second-order valence-corrected chi connectivity index (χ2v) is 5.65. The number of halogens is 1. The average molecular weight is 326 g/mol. The molecule has 22 heavy (non-hydrogen) atoms. The number of hydrogen-bond acceptors (Lipinski definition) is 7. The van der Waals surface area contributed by atoms with Crippen molar-refractivity contribution < 1.29 is 4.74 Å². The van der Waals surface area contributed by atoms with E-state index in [-0.39, 0.29) is 19.0 Å². The van der Waals surface area contributed by atoms with E-state index in [2.05, 4.69) is 30.1 Å². The lowest BCUT2D eigenvalue weighted by atomic mass is 10.1. The minimum Gasteiger partial charge on any atom is -0.474 e. The zero-order chi connectivity index (χ0) is 16.0. The topological polar surface area (TPSA) is 116 Å². The van der Waals surface area contributed by atoms with E-state index in [1.54, 1.807) is 0 Å². The Labute approximate surface area is 132 Å². The number of ether oxygens (including phenoxy) is 1. The standard InChI is InChI=1S/C12H16ClN7O2/c1-12(18-21,6-17-19-14)7-22-11-9(13)10(15-8-16-11)20-4-2-3-5-20/h8H,2-7H2,1H3. The largest absolute Gasteiger partial charge is 0.474 e. The molecule has 0 N–H and O–H groups in total. The lowest BCUT2D eigenvalue weighted by Gasteiger charge is -2.21. The van der Waals surface area contributed by atoms with Gasteiger partial charge in [0.2, 0.25) is 5.88 Å². The molecule has 2 rings (SSSR count). The first-order valence-electron chi connectivity index (χ1n) is 6.83. The van der Waals surface area contributed by atoms with Gasteiger partial charge in [0.1, 0.15) is 23.5 Å². The summed E-state index contributed by atoms with van der Waals surface area (Å²) in [5.41, 5.74) is 7.17. The number of aromatic nitrogens is 2. The molecule has 0 aromatic carbocycles. The number of azide groups is 1. The van der Waals surface area contributed by atoms with E-state index in [9.17, 15) is 4.91 Å². The maximum absolute atomic E-state index is 10.9. The third kappa shape index (κ3) is 3.75. The summed E-state index contributed by atoms with van der Waals surface area (Å²) in [6, 6.07) is 0. The molecule has 1 aromatic rings. The summed E-state index contributed by atoms with van der Waals surface area (Å²) in [6.45, 7) is 3.12. The predicted molar refractivity (Wildman–Crippen MR) is 82.2 cm³/mol. The van der Waals surface area contributed by atoms with Crippen LogP contribution in [0.3, 0.4) is 0 Å². The van der Waals surface area contributed by atoms with Gasteiger partial charge in [-0.3, -0.25) is 0 Å². The summed E-state index contributed by atoms with van der Waals surface area (Å²) in [5.74, 6) is 0.814.